The van der Waals surface area contributed by atoms with Crippen molar-refractivity contribution in [1.82, 2.24) is 10.2 Å². The van der Waals surface area contributed by atoms with E-state index in [0.717, 1.165) is 9.87 Å². The molecule has 3 aromatic rings. The SMILES string of the molecule is CCC(C(=O)NCC(C)C)N(Cc1cccc(OC)c1)C(=O)CN(c1ccc(OC)c(Cl)c1)S(=O)(=O)c1ccccc1. The number of benzene rings is 3. The van der Waals surface area contributed by atoms with Gasteiger partial charge in [0.05, 0.1) is 29.8 Å². The lowest BCUT2D eigenvalue weighted by Gasteiger charge is -2.33. The number of nitrogens with one attached hydrogen (secondary N) is 1. The monoisotopic (exact) mass is 615 g/mol. The molecule has 226 valence electrons. The van der Waals surface area contributed by atoms with Gasteiger partial charge in [-0.2, -0.15) is 0 Å². The van der Waals surface area contributed by atoms with Crippen molar-refractivity contribution in [3.05, 3.63) is 83.4 Å². The molecule has 0 aliphatic heterocycles. The Bertz CT molecular complexity index is 1470. The van der Waals surface area contributed by atoms with Gasteiger partial charge in [0.1, 0.15) is 24.1 Å². The lowest BCUT2D eigenvalue weighted by Crippen LogP contribution is -2.52. The van der Waals surface area contributed by atoms with E-state index in [1.807, 2.05) is 26.8 Å². The zero-order valence-electron chi connectivity index (χ0n) is 24.5. The first kappa shape index (κ1) is 32.8. The molecular weight excluding hydrogens is 578 g/mol. The highest BCUT2D eigenvalue weighted by molar-refractivity contribution is 7.92. The van der Waals surface area contributed by atoms with E-state index in [-0.39, 0.29) is 34.0 Å². The van der Waals surface area contributed by atoms with Crippen LogP contribution in [-0.4, -0.2) is 58.5 Å². The van der Waals surface area contributed by atoms with E-state index >= 15 is 0 Å². The Hall–Kier alpha value is -3.76. The van der Waals surface area contributed by atoms with Crippen molar-refractivity contribution < 1.29 is 27.5 Å². The van der Waals surface area contributed by atoms with E-state index in [0.29, 0.717) is 24.5 Å². The van der Waals surface area contributed by atoms with Crippen LogP contribution < -0.4 is 19.1 Å². The van der Waals surface area contributed by atoms with Gasteiger partial charge in [-0.15, -0.1) is 0 Å². The number of hydrogen-bond donors (Lipinski definition) is 1. The highest BCUT2D eigenvalue weighted by atomic mass is 35.5. The fourth-order valence-corrected chi connectivity index (χ4v) is 6.05. The van der Waals surface area contributed by atoms with Gasteiger partial charge in [-0.3, -0.25) is 13.9 Å². The average molecular weight is 616 g/mol. The number of rotatable bonds is 14. The molecule has 0 aliphatic carbocycles. The second-order valence-corrected chi connectivity index (χ2v) is 12.3. The van der Waals surface area contributed by atoms with Crippen molar-refractivity contribution in [3.63, 3.8) is 0 Å². The maximum absolute atomic E-state index is 14.2. The third-order valence-corrected chi connectivity index (χ3v) is 8.67. The largest absolute Gasteiger partial charge is 0.497 e. The summed E-state index contributed by atoms with van der Waals surface area (Å²) in [4.78, 5) is 28.9. The molecule has 0 radical (unpaired) electrons. The molecule has 0 saturated carbocycles. The Labute approximate surface area is 253 Å². The lowest BCUT2D eigenvalue weighted by molar-refractivity contribution is -0.140. The van der Waals surface area contributed by atoms with Crippen LogP contribution in [0.4, 0.5) is 5.69 Å². The molecule has 1 N–H and O–H groups in total. The molecule has 0 heterocycles. The maximum atomic E-state index is 14.2. The van der Waals surface area contributed by atoms with Crippen LogP contribution in [0, 0.1) is 5.92 Å². The van der Waals surface area contributed by atoms with Crippen LogP contribution in [0.1, 0.15) is 32.8 Å². The van der Waals surface area contributed by atoms with Gasteiger partial charge in [0, 0.05) is 13.1 Å². The van der Waals surface area contributed by atoms with Gasteiger partial charge >= 0.3 is 0 Å². The smallest absolute Gasteiger partial charge is 0.264 e. The number of carbonyl (C=O) groups is 2. The van der Waals surface area contributed by atoms with Gasteiger partial charge in [-0.05, 0) is 60.4 Å². The van der Waals surface area contributed by atoms with Crippen LogP contribution in [0.3, 0.4) is 0 Å². The lowest BCUT2D eigenvalue weighted by atomic mass is 10.1. The number of anilines is 1. The van der Waals surface area contributed by atoms with E-state index in [4.69, 9.17) is 21.1 Å². The topological polar surface area (TPSA) is 105 Å². The number of hydrogen-bond acceptors (Lipinski definition) is 6. The predicted octanol–water partition coefficient (Wildman–Crippen LogP) is 5.13. The van der Waals surface area contributed by atoms with Gasteiger partial charge < -0.3 is 19.7 Å². The molecule has 0 spiro atoms. The maximum Gasteiger partial charge on any atom is 0.264 e. The summed E-state index contributed by atoms with van der Waals surface area (Å²) in [5.74, 6) is 0.290. The Morgan fingerprint density at radius 1 is 0.952 bits per heavy atom. The van der Waals surface area contributed by atoms with Crippen LogP contribution in [0.2, 0.25) is 5.02 Å². The van der Waals surface area contributed by atoms with Crippen molar-refractivity contribution >= 4 is 39.1 Å². The number of carbonyl (C=O) groups excluding carboxylic acids is 2. The summed E-state index contributed by atoms with van der Waals surface area (Å²) in [5, 5.41) is 3.10. The second kappa shape index (κ2) is 14.9. The summed E-state index contributed by atoms with van der Waals surface area (Å²) in [5.41, 5.74) is 0.902. The van der Waals surface area contributed by atoms with Gasteiger partial charge in [0.25, 0.3) is 10.0 Å². The molecule has 3 rings (SSSR count). The first-order valence-electron chi connectivity index (χ1n) is 13.6. The summed E-state index contributed by atoms with van der Waals surface area (Å²) in [6.07, 6.45) is 0.319. The first-order chi connectivity index (χ1) is 20.0. The van der Waals surface area contributed by atoms with Crippen molar-refractivity contribution in [3.8, 4) is 11.5 Å². The molecule has 42 heavy (non-hydrogen) atoms. The molecule has 1 atom stereocenters. The van der Waals surface area contributed by atoms with Gasteiger partial charge in [0.2, 0.25) is 11.8 Å². The molecule has 2 amide bonds. The molecule has 0 fully saturated rings. The van der Waals surface area contributed by atoms with Crippen LogP contribution in [0.15, 0.2) is 77.7 Å². The van der Waals surface area contributed by atoms with E-state index in [1.54, 1.807) is 43.5 Å². The summed E-state index contributed by atoms with van der Waals surface area (Å²) >= 11 is 6.37. The van der Waals surface area contributed by atoms with Crippen LogP contribution in [-0.2, 0) is 26.2 Å². The fraction of sp³-hybridized carbons (Fsp3) is 0.355. The predicted molar refractivity (Wildman–Crippen MR) is 164 cm³/mol. The third-order valence-electron chi connectivity index (χ3n) is 6.59. The fourth-order valence-electron chi connectivity index (χ4n) is 4.37. The molecule has 0 aliphatic rings. The summed E-state index contributed by atoms with van der Waals surface area (Å²) < 4.78 is 39.5. The molecule has 0 aromatic heterocycles. The molecule has 9 nitrogen and oxygen atoms in total. The zero-order chi connectivity index (χ0) is 30.9. The second-order valence-electron chi connectivity index (χ2n) is 10.1. The molecule has 1 unspecified atom stereocenters. The van der Waals surface area contributed by atoms with E-state index in [2.05, 4.69) is 5.32 Å². The van der Waals surface area contributed by atoms with Crippen molar-refractivity contribution in [2.45, 2.75) is 44.7 Å². The summed E-state index contributed by atoms with van der Waals surface area (Å²) in [7, 11) is -1.21. The Balaban J connectivity index is 2.08. The van der Waals surface area contributed by atoms with Crippen molar-refractivity contribution in [1.29, 1.82) is 0 Å². The molecule has 11 heteroatoms. The number of nitrogens with zero attached hydrogens (tertiary/aromatic N) is 2. The number of sulfonamides is 1. The summed E-state index contributed by atoms with van der Waals surface area (Å²) in [6, 6.07) is 18.7. The van der Waals surface area contributed by atoms with Crippen LogP contribution in [0.5, 0.6) is 11.5 Å². The normalized spacial score (nSPS) is 12.0. The molecule has 0 saturated heterocycles. The van der Waals surface area contributed by atoms with Gasteiger partial charge in [0.15, 0.2) is 0 Å². The minimum Gasteiger partial charge on any atom is -0.497 e. The zero-order valence-corrected chi connectivity index (χ0v) is 26.1. The van der Waals surface area contributed by atoms with Gasteiger partial charge in [-0.1, -0.05) is 62.7 Å². The first-order valence-corrected chi connectivity index (χ1v) is 15.4. The highest BCUT2D eigenvalue weighted by Crippen LogP contribution is 2.32. The third kappa shape index (κ3) is 8.17. The molecular formula is C31H38ClN3O6S. The Kier molecular flexibility index (Phi) is 11.6. The number of methoxy groups -OCH3 is 2. The van der Waals surface area contributed by atoms with Gasteiger partial charge in [-0.25, -0.2) is 8.42 Å². The van der Waals surface area contributed by atoms with E-state index in [1.165, 1.54) is 42.3 Å². The quantitative estimate of drug-likeness (QED) is 0.270. The number of ether oxygens (including phenoxy) is 2. The van der Waals surface area contributed by atoms with E-state index in [9.17, 15) is 18.0 Å². The Morgan fingerprint density at radius 2 is 1.67 bits per heavy atom. The average Bonchev–Trinajstić information content (AvgIpc) is 2.98. The minimum atomic E-state index is -4.21. The standard InChI is InChI=1S/C31H38ClN3O6S/c1-6-28(31(37)33-19-22(2)3)34(20-23-11-10-12-25(17-23)40-4)30(36)21-35(24-15-16-29(41-5)27(32)18-24)42(38,39)26-13-8-7-9-14-26/h7-18,22,28H,6,19-21H2,1-5H3,(H,33,37). The van der Waals surface area contributed by atoms with Crippen molar-refractivity contribution in [2.24, 2.45) is 5.92 Å². The number of amides is 2. The highest BCUT2D eigenvalue weighted by Gasteiger charge is 2.34. The summed E-state index contributed by atoms with van der Waals surface area (Å²) in [6.45, 7) is 5.70. The van der Waals surface area contributed by atoms with Crippen LogP contribution >= 0.6 is 11.6 Å². The van der Waals surface area contributed by atoms with Crippen LogP contribution in [0.25, 0.3) is 0 Å². The minimum absolute atomic E-state index is 0.00537. The molecule has 3 aromatic carbocycles. The van der Waals surface area contributed by atoms with E-state index < -0.39 is 28.5 Å². The molecule has 0 bridgehead atoms. The Morgan fingerprint density at radius 3 is 2.26 bits per heavy atom. The van der Waals surface area contributed by atoms with Crippen molar-refractivity contribution in [2.75, 3.05) is 31.6 Å². The number of halogens is 1.